The highest BCUT2D eigenvalue weighted by atomic mass is 19.4. The molecule has 150 valence electrons. The smallest absolute Gasteiger partial charge is 0.408 e. The Bertz CT molecular complexity index is 846. The van der Waals surface area contributed by atoms with Crippen LogP contribution in [0.25, 0.3) is 0 Å². The van der Waals surface area contributed by atoms with Crippen LogP contribution in [0.5, 0.6) is 5.75 Å². The van der Waals surface area contributed by atoms with Gasteiger partial charge in [-0.1, -0.05) is 0 Å². The molecule has 0 aromatic carbocycles. The van der Waals surface area contributed by atoms with Crippen LogP contribution in [0.3, 0.4) is 0 Å². The fraction of sp³-hybridized carbons (Fsp3) is 0.389. The molecule has 0 radical (unpaired) electrons. The fourth-order valence-electron chi connectivity index (χ4n) is 3.13. The van der Waals surface area contributed by atoms with Crippen molar-refractivity contribution < 1.29 is 27.1 Å². The molecule has 2 aromatic rings. The van der Waals surface area contributed by atoms with E-state index in [9.17, 15) is 22.4 Å². The zero-order valence-corrected chi connectivity index (χ0v) is 15.0. The lowest BCUT2D eigenvalue weighted by Crippen LogP contribution is -2.54. The second-order valence-electron chi connectivity index (χ2n) is 6.51. The van der Waals surface area contributed by atoms with Crippen LogP contribution in [0.2, 0.25) is 0 Å². The molecule has 1 fully saturated rings. The Balaban J connectivity index is 1.62. The number of hydrogen-bond acceptors (Lipinski definition) is 5. The van der Waals surface area contributed by atoms with Crippen molar-refractivity contribution in [2.45, 2.75) is 25.7 Å². The number of amides is 1. The van der Waals surface area contributed by atoms with Gasteiger partial charge in [0.05, 0.1) is 18.0 Å². The van der Waals surface area contributed by atoms with Gasteiger partial charge >= 0.3 is 12.3 Å². The van der Waals surface area contributed by atoms with E-state index in [1.807, 2.05) is 4.90 Å². The minimum Gasteiger partial charge on any atom is -0.408 e. The van der Waals surface area contributed by atoms with Gasteiger partial charge in [-0.2, -0.15) is 13.2 Å². The van der Waals surface area contributed by atoms with Crippen LogP contribution in [0.1, 0.15) is 18.1 Å². The quantitative estimate of drug-likeness (QED) is 0.743. The SMILES string of the molecule is C[C@@H]1CN(Cc2cnccc2C(F)(F)F)CCN1C(=O)Oc1cncc(F)c1. The number of carbonyl (C=O) groups excluding carboxylic acids is 1. The van der Waals surface area contributed by atoms with Crippen molar-refractivity contribution in [2.75, 3.05) is 19.6 Å². The summed E-state index contributed by atoms with van der Waals surface area (Å²) < 4.78 is 57.7. The number of pyridine rings is 2. The predicted octanol–water partition coefficient (Wildman–Crippen LogP) is 3.34. The lowest BCUT2D eigenvalue weighted by Gasteiger charge is -2.39. The fourth-order valence-corrected chi connectivity index (χ4v) is 3.13. The number of rotatable bonds is 3. The van der Waals surface area contributed by atoms with Crippen LogP contribution in [0, 0.1) is 5.82 Å². The Morgan fingerprint density at radius 3 is 2.71 bits per heavy atom. The first-order valence-corrected chi connectivity index (χ1v) is 8.55. The van der Waals surface area contributed by atoms with Gasteiger partial charge in [-0.05, 0) is 18.6 Å². The first-order chi connectivity index (χ1) is 13.2. The first-order valence-electron chi connectivity index (χ1n) is 8.55. The van der Waals surface area contributed by atoms with Crippen molar-refractivity contribution in [3.63, 3.8) is 0 Å². The maximum Gasteiger partial charge on any atom is 0.416 e. The Hall–Kier alpha value is -2.75. The number of nitrogens with zero attached hydrogens (tertiary/aromatic N) is 4. The van der Waals surface area contributed by atoms with E-state index in [1.54, 1.807) is 6.92 Å². The van der Waals surface area contributed by atoms with Crippen LogP contribution in [-0.4, -0.2) is 51.5 Å². The maximum absolute atomic E-state index is 13.2. The van der Waals surface area contributed by atoms with Crippen molar-refractivity contribution in [2.24, 2.45) is 0 Å². The Labute approximate surface area is 158 Å². The van der Waals surface area contributed by atoms with Crippen molar-refractivity contribution in [1.29, 1.82) is 0 Å². The van der Waals surface area contributed by atoms with Gasteiger partial charge in [0.1, 0.15) is 5.82 Å². The van der Waals surface area contributed by atoms with E-state index in [0.29, 0.717) is 13.1 Å². The molecule has 1 aliphatic rings. The summed E-state index contributed by atoms with van der Waals surface area (Å²) >= 11 is 0. The largest absolute Gasteiger partial charge is 0.416 e. The summed E-state index contributed by atoms with van der Waals surface area (Å²) in [5, 5.41) is 0. The van der Waals surface area contributed by atoms with Gasteiger partial charge < -0.3 is 9.64 Å². The molecule has 0 saturated carbocycles. The summed E-state index contributed by atoms with van der Waals surface area (Å²) in [6.45, 7) is 2.84. The molecule has 1 amide bonds. The monoisotopic (exact) mass is 398 g/mol. The molecule has 6 nitrogen and oxygen atoms in total. The molecule has 0 aliphatic carbocycles. The number of halogens is 4. The average Bonchev–Trinajstić information content (AvgIpc) is 2.61. The first kappa shape index (κ1) is 20.0. The highest BCUT2D eigenvalue weighted by Crippen LogP contribution is 2.32. The van der Waals surface area contributed by atoms with Gasteiger partial charge in [-0.15, -0.1) is 0 Å². The molecule has 3 heterocycles. The Morgan fingerprint density at radius 1 is 1.25 bits per heavy atom. The molecule has 0 N–H and O–H groups in total. The molecule has 1 saturated heterocycles. The van der Waals surface area contributed by atoms with E-state index in [4.69, 9.17) is 4.74 Å². The van der Waals surface area contributed by atoms with Gasteiger partial charge in [0.15, 0.2) is 5.75 Å². The van der Waals surface area contributed by atoms with Gasteiger partial charge in [0.25, 0.3) is 0 Å². The van der Waals surface area contributed by atoms with Crippen molar-refractivity contribution in [1.82, 2.24) is 19.8 Å². The summed E-state index contributed by atoms with van der Waals surface area (Å²) in [6.07, 6.45) is -0.559. The minimum absolute atomic E-state index is 0.00944. The molecule has 2 aromatic heterocycles. The highest BCUT2D eigenvalue weighted by molar-refractivity contribution is 5.71. The zero-order chi connectivity index (χ0) is 20.3. The second-order valence-corrected chi connectivity index (χ2v) is 6.51. The van der Waals surface area contributed by atoms with Crippen LogP contribution in [0.15, 0.2) is 36.9 Å². The Morgan fingerprint density at radius 2 is 2.04 bits per heavy atom. The van der Waals surface area contributed by atoms with Crippen LogP contribution >= 0.6 is 0 Å². The van der Waals surface area contributed by atoms with E-state index < -0.39 is 23.7 Å². The zero-order valence-electron chi connectivity index (χ0n) is 15.0. The third kappa shape index (κ3) is 4.75. The number of piperazine rings is 1. The van der Waals surface area contributed by atoms with E-state index >= 15 is 0 Å². The van der Waals surface area contributed by atoms with Gasteiger partial charge in [-0.3, -0.25) is 14.9 Å². The van der Waals surface area contributed by atoms with Crippen LogP contribution in [-0.2, 0) is 12.7 Å². The van der Waals surface area contributed by atoms with E-state index in [0.717, 1.165) is 24.5 Å². The lowest BCUT2D eigenvalue weighted by atomic mass is 10.1. The standard InChI is InChI=1S/C18H18F4N4O2/c1-12-10-25(11-13-7-23-3-2-16(13)18(20,21)22)4-5-26(12)17(27)28-15-6-14(19)8-24-9-15/h2-3,6-9,12H,4-5,10-11H2,1H3/t12-/m1/s1. The van der Waals surface area contributed by atoms with Crippen LogP contribution < -0.4 is 4.74 Å². The molecule has 10 heteroatoms. The Kier molecular flexibility index (Phi) is 5.78. The molecular weight excluding hydrogens is 380 g/mol. The minimum atomic E-state index is -4.45. The molecule has 28 heavy (non-hydrogen) atoms. The van der Waals surface area contributed by atoms with Gasteiger partial charge in [-0.25, -0.2) is 9.18 Å². The number of hydrogen-bond donors (Lipinski definition) is 0. The summed E-state index contributed by atoms with van der Waals surface area (Å²) in [5.74, 6) is -0.634. The van der Waals surface area contributed by atoms with Crippen molar-refractivity contribution >= 4 is 6.09 Å². The molecule has 0 unspecified atom stereocenters. The van der Waals surface area contributed by atoms with E-state index in [1.165, 1.54) is 17.3 Å². The highest BCUT2D eigenvalue weighted by Gasteiger charge is 2.35. The number of carbonyl (C=O) groups is 1. The van der Waals surface area contributed by atoms with E-state index in [-0.39, 0.29) is 30.4 Å². The third-order valence-electron chi connectivity index (χ3n) is 4.43. The number of aromatic nitrogens is 2. The summed E-state index contributed by atoms with van der Waals surface area (Å²) in [6, 6.07) is 1.71. The molecular formula is C18H18F4N4O2. The predicted molar refractivity (Wildman–Crippen MR) is 90.9 cm³/mol. The van der Waals surface area contributed by atoms with Gasteiger partial charge in [0.2, 0.25) is 0 Å². The van der Waals surface area contributed by atoms with Gasteiger partial charge in [0, 0.05) is 50.7 Å². The molecule has 0 bridgehead atoms. The second kappa shape index (κ2) is 8.09. The molecule has 1 aliphatic heterocycles. The van der Waals surface area contributed by atoms with Crippen molar-refractivity contribution in [3.8, 4) is 5.75 Å². The lowest BCUT2D eigenvalue weighted by molar-refractivity contribution is -0.138. The number of alkyl halides is 3. The maximum atomic E-state index is 13.2. The topological polar surface area (TPSA) is 58.6 Å². The number of ether oxygens (including phenoxy) is 1. The van der Waals surface area contributed by atoms with Crippen LogP contribution in [0.4, 0.5) is 22.4 Å². The van der Waals surface area contributed by atoms with Crippen molar-refractivity contribution in [3.05, 3.63) is 53.9 Å². The average molecular weight is 398 g/mol. The summed E-state index contributed by atoms with van der Waals surface area (Å²) in [7, 11) is 0. The molecule has 1 atom stereocenters. The summed E-state index contributed by atoms with van der Waals surface area (Å²) in [4.78, 5) is 23.0. The normalized spacial score (nSPS) is 18.2. The summed E-state index contributed by atoms with van der Waals surface area (Å²) in [5.41, 5.74) is -0.625. The molecule has 3 rings (SSSR count). The third-order valence-corrected chi connectivity index (χ3v) is 4.43. The van der Waals surface area contributed by atoms with E-state index in [2.05, 4.69) is 9.97 Å². The molecule has 0 spiro atoms.